The Hall–Kier alpha value is -3.39. The van der Waals surface area contributed by atoms with E-state index in [1.807, 2.05) is 30.3 Å². The summed E-state index contributed by atoms with van der Waals surface area (Å²) in [5, 5.41) is 3.27. The van der Waals surface area contributed by atoms with Gasteiger partial charge in [-0.15, -0.1) is 0 Å². The Balaban J connectivity index is 1.45. The van der Waals surface area contributed by atoms with Crippen molar-refractivity contribution in [2.24, 2.45) is 0 Å². The number of anilines is 1. The standard InChI is InChI=1S/C23H19FN4O2S/c24-15-6-8-16(9-7-15)26-19(29)13-31-23-27-20-18(14-4-2-1-3-5-14)12-25-21(20)22(30)28(23)17-10-11-17/h1-9,12,17,25H,10-11,13H2,(H,26,29). The molecule has 2 aromatic heterocycles. The van der Waals surface area contributed by atoms with Crippen LogP contribution in [0, 0.1) is 5.82 Å². The fourth-order valence-corrected chi connectivity index (χ4v) is 4.37. The highest BCUT2D eigenvalue weighted by atomic mass is 32.2. The largest absolute Gasteiger partial charge is 0.355 e. The van der Waals surface area contributed by atoms with Gasteiger partial charge in [-0.25, -0.2) is 9.37 Å². The second-order valence-corrected chi connectivity index (χ2v) is 8.38. The quantitative estimate of drug-likeness (QED) is 0.343. The minimum absolute atomic E-state index is 0.0904. The number of carbonyl (C=O) groups is 1. The van der Waals surface area contributed by atoms with Crippen molar-refractivity contribution in [2.75, 3.05) is 11.1 Å². The maximum Gasteiger partial charge on any atom is 0.278 e. The second-order valence-electron chi connectivity index (χ2n) is 7.44. The van der Waals surface area contributed by atoms with Crippen LogP contribution < -0.4 is 10.9 Å². The van der Waals surface area contributed by atoms with E-state index in [9.17, 15) is 14.0 Å². The van der Waals surface area contributed by atoms with E-state index in [4.69, 9.17) is 4.98 Å². The lowest BCUT2D eigenvalue weighted by atomic mass is 10.1. The Kier molecular flexibility index (Phi) is 5.07. The monoisotopic (exact) mass is 434 g/mol. The normalized spacial score (nSPS) is 13.5. The SMILES string of the molecule is O=C(CSc1nc2c(-c3ccccc3)c[nH]c2c(=O)n1C1CC1)Nc1ccc(F)cc1. The van der Waals surface area contributed by atoms with Gasteiger partial charge in [0.1, 0.15) is 16.9 Å². The van der Waals surface area contributed by atoms with E-state index in [-0.39, 0.29) is 29.1 Å². The Morgan fingerprint density at radius 1 is 1.16 bits per heavy atom. The van der Waals surface area contributed by atoms with Gasteiger partial charge in [-0.05, 0) is 42.7 Å². The molecular formula is C23H19FN4O2S. The predicted octanol–water partition coefficient (Wildman–Crippen LogP) is 4.60. The first-order valence-corrected chi connectivity index (χ1v) is 11.0. The fourth-order valence-electron chi connectivity index (χ4n) is 3.51. The van der Waals surface area contributed by atoms with Crippen LogP contribution >= 0.6 is 11.8 Å². The Labute approximate surface area is 181 Å². The number of fused-ring (bicyclic) bond motifs is 1. The van der Waals surface area contributed by atoms with E-state index in [0.29, 0.717) is 21.9 Å². The van der Waals surface area contributed by atoms with Gasteiger partial charge in [-0.2, -0.15) is 0 Å². The molecule has 1 aliphatic carbocycles. The van der Waals surface area contributed by atoms with Gasteiger partial charge in [0.25, 0.3) is 5.56 Å². The molecule has 4 aromatic rings. The first kappa shape index (κ1) is 19.6. The number of hydrogen-bond donors (Lipinski definition) is 2. The average Bonchev–Trinajstić information content (AvgIpc) is 3.52. The molecule has 8 heteroatoms. The summed E-state index contributed by atoms with van der Waals surface area (Å²) in [6.45, 7) is 0. The molecule has 2 N–H and O–H groups in total. The third kappa shape index (κ3) is 3.98. The molecule has 31 heavy (non-hydrogen) atoms. The summed E-state index contributed by atoms with van der Waals surface area (Å²) in [5.41, 5.74) is 3.31. The molecule has 6 nitrogen and oxygen atoms in total. The number of aromatic nitrogens is 3. The first-order chi connectivity index (χ1) is 15.1. The molecule has 1 amide bonds. The first-order valence-electron chi connectivity index (χ1n) is 9.97. The highest BCUT2D eigenvalue weighted by Crippen LogP contribution is 2.37. The number of carbonyl (C=O) groups excluding carboxylic acids is 1. The molecule has 1 aliphatic rings. The van der Waals surface area contributed by atoms with Gasteiger partial charge in [-0.1, -0.05) is 42.1 Å². The van der Waals surface area contributed by atoms with Gasteiger partial charge >= 0.3 is 0 Å². The van der Waals surface area contributed by atoms with E-state index in [1.54, 1.807) is 10.8 Å². The molecule has 1 fully saturated rings. The minimum Gasteiger partial charge on any atom is -0.355 e. The number of aromatic amines is 1. The van der Waals surface area contributed by atoms with Gasteiger partial charge in [0.2, 0.25) is 5.91 Å². The third-order valence-corrected chi connectivity index (χ3v) is 6.11. The zero-order valence-electron chi connectivity index (χ0n) is 16.5. The number of nitrogens with zero attached hydrogens (tertiary/aromatic N) is 2. The zero-order chi connectivity index (χ0) is 21.4. The number of hydrogen-bond acceptors (Lipinski definition) is 4. The van der Waals surface area contributed by atoms with Gasteiger partial charge in [0, 0.05) is 23.5 Å². The van der Waals surface area contributed by atoms with Crippen LogP contribution in [0.1, 0.15) is 18.9 Å². The molecule has 0 aliphatic heterocycles. The number of H-pyrrole nitrogens is 1. The zero-order valence-corrected chi connectivity index (χ0v) is 17.3. The number of thioether (sulfide) groups is 1. The summed E-state index contributed by atoms with van der Waals surface area (Å²) < 4.78 is 14.8. The van der Waals surface area contributed by atoms with Crippen molar-refractivity contribution in [1.29, 1.82) is 0 Å². The van der Waals surface area contributed by atoms with Gasteiger partial charge in [-0.3, -0.25) is 14.2 Å². The van der Waals surface area contributed by atoms with E-state index in [0.717, 1.165) is 24.0 Å². The summed E-state index contributed by atoms with van der Waals surface area (Å²) in [5.74, 6) is -0.516. The summed E-state index contributed by atoms with van der Waals surface area (Å²) in [6.07, 6.45) is 3.66. The molecule has 0 spiro atoms. The van der Waals surface area contributed by atoms with Crippen molar-refractivity contribution in [3.8, 4) is 11.1 Å². The highest BCUT2D eigenvalue weighted by molar-refractivity contribution is 7.99. The van der Waals surface area contributed by atoms with Gasteiger partial charge < -0.3 is 10.3 Å². The lowest BCUT2D eigenvalue weighted by molar-refractivity contribution is -0.113. The molecule has 2 heterocycles. The molecule has 5 rings (SSSR count). The van der Waals surface area contributed by atoms with E-state index in [2.05, 4.69) is 10.3 Å². The van der Waals surface area contributed by atoms with Gasteiger partial charge in [0.15, 0.2) is 5.16 Å². The topological polar surface area (TPSA) is 79.8 Å². The lowest BCUT2D eigenvalue weighted by Crippen LogP contribution is -2.23. The summed E-state index contributed by atoms with van der Waals surface area (Å²) in [7, 11) is 0. The van der Waals surface area contributed by atoms with Crippen molar-refractivity contribution in [1.82, 2.24) is 14.5 Å². The Morgan fingerprint density at radius 3 is 2.61 bits per heavy atom. The van der Waals surface area contributed by atoms with Crippen LogP contribution in [0.15, 0.2) is 70.7 Å². The number of halogens is 1. The molecule has 156 valence electrons. The molecule has 0 radical (unpaired) electrons. The van der Waals surface area contributed by atoms with Crippen LogP contribution in [-0.4, -0.2) is 26.2 Å². The minimum atomic E-state index is -0.362. The maximum absolute atomic E-state index is 13.2. The molecule has 0 bridgehead atoms. The average molecular weight is 434 g/mol. The summed E-state index contributed by atoms with van der Waals surface area (Å²) >= 11 is 1.23. The molecule has 2 aromatic carbocycles. The van der Waals surface area contributed by atoms with E-state index >= 15 is 0 Å². The number of nitrogens with one attached hydrogen (secondary N) is 2. The highest BCUT2D eigenvalue weighted by Gasteiger charge is 2.29. The van der Waals surface area contributed by atoms with Crippen molar-refractivity contribution >= 4 is 34.4 Å². The number of benzene rings is 2. The van der Waals surface area contributed by atoms with Crippen LogP contribution in [0.5, 0.6) is 0 Å². The van der Waals surface area contributed by atoms with Crippen LogP contribution in [0.3, 0.4) is 0 Å². The second kappa shape index (κ2) is 8.03. The Bertz CT molecular complexity index is 1310. The van der Waals surface area contributed by atoms with Crippen LogP contribution in [0.4, 0.5) is 10.1 Å². The maximum atomic E-state index is 13.2. The number of rotatable bonds is 6. The van der Waals surface area contributed by atoms with Crippen LogP contribution in [0.2, 0.25) is 0 Å². The third-order valence-electron chi connectivity index (χ3n) is 5.16. The smallest absolute Gasteiger partial charge is 0.278 e. The predicted molar refractivity (Wildman–Crippen MR) is 120 cm³/mol. The van der Waals surface area contributed by atoms with E-state index < -0.39 is 0 Å². The van der Waals surface area contributed by atoms with Crippen molar-refractivity contribution < 1.29 is 9.18 Å². The molecule has 0 atom stereocenters. The van der Waals surface area contributed by atoms with Crippen molar-refractivity contribution in [2.45, 2.75) is 24.0 Å². The Morgan fingerprint density at radius 2 is 1.90 bits per heavy atom. The lowest BCUT2D eigenvalue weighted by Gasteiger charge is -2.11. The molecular weight excluding hydrogens is 415 g/mol. The molecule has 0 saturated heterocycles. The number of amides is 1. The van der Waals surface area contributed by atoms with Crippen molar-refractivity contribution in [3.05, 3.63) is 77.0 Å². The summed E-state index contributed by atoms with van der Waals surface area (Å²) in [4.78, 5) is 33.5. The molecule has 0 unspecified atom stereocenters. The molecule has 1 saturated carbocycles. The van der Waals surface area contributed by atoms with E-state index in [1.165, 1.54) is 36.0 Å². The fraction of sp³-hybridized carbons (Fsp3) is 0.174. The van der Waals surface area contributed by atoms with Crippen LogP contribution in [-0.2, 0) is 4.79 Å². The van der Waals surface area contributed by atoms with Gasteiger partial charge in [0.05, 0.1) is 5.75 Å². The summed E-state index contributed by atoms with van der Waals surface area (Å²) in [6, 6.07) is 15.5. The van der Waals surface area contributed by atoms with Crippen LogP contribution in [0.25, 0.3) is 22.2 Å². The van der Waals surface area contributed by atoms with Crippen molar-refractivity contribution in [3.63, 3.8) is 0 Å².